The van der Waals surface area contributed by atoms with Crippen LogP contribution in [0.15, 0.2) is 0 Å². The minimum Gasteiger partial charge on any atom is -0.306 e. The van der Waals surface area contributed by atoms with Crippen molar-refractivity contribution < 1.29 is 0 Å². The summed E-state index contributed by atoms with van der Waals surface area (Å²) >= 11 is 0. The molecule has 0 aliphatic heterocycles. The Kier molecular flexibility index (Phi) is 40.9. The Bertz CT molecular complexity index is 474. The molecule has 266 valence electrons. The summed E-state index contributed by atoms with van der Waals surface area (Å²) in [4.78, 5) is 2.58. The van der Waals surface area contributed by atoms with E-state index in [2.05, 4.69) is 25.8 Å². The van der Waals surface area contributed by atoms with Gasteiger partial charge in [0.05, 0.1) is 0 Å². The fraction of sp³-hybridized carbons (Fsp3) is 1.00. The fourth-order valence-electron chi connectivity index (χ4n) is 7.03. The van der Waals surface area contributed by atoms with Gasteiger partial charge < -0.3 is 4.90 Å². The summed E-state index contributed by atoms with van der Waals surface area (Å²) in [5.41, 5.74) is 0. The smallest absolute Gasteiger partial charge is 0.00218 e. The molecule has 0 aliphatic rings. The summed E-state index contributed by atoms with van der Waals surface area (Å²) in [7, 11) is 2.34. The number of unbranched alkanes of at least 4 members (excludes halogenated alkanes) is 36. The summed E-state index contributed by atoms with van der Waals surface area (Å²) in [6.07, 6.45) is 55.8. The first kappa shape index (κ1) is 44.0. The second-order valence-corrected chi connectivity index (χ2v) is 15.0. The number of hydrogen-bond donors (Lipinski definition) is 0. The number of rotatable bonds is 40. The van der Waals surface area contributed by atoms with Gasteiger partial charge in [0.2, 0.25) is 0 Å². The summed E-state index contributed by atoms with van der Waals surface area (Å²) < 4.78 is 0. The Balaban J connectivity index is 3.10. The van der Waals surface area contributed by atoms with Crippen LogP contribution in [0.5, 0.6) is 0 Å². The van der Waals surface area contributed by atoms with Crippen LogP contribution in [0.2, 0.25) is 0 Å². The van der Waals surface area contributed by atoms with Crippen LogP contribution >= 0.6 is 0 Å². The summed E-state index contributed by atoms with van der Waals surface area (Å²) in [5.74, 6) is 0. The molecule has 0 rings (SSSR count). The van der Waals surface area contributed by atoms with Crippen LogP contribution < -0.4 is 0 Å². The van der Waals surface area contributed by atoms with Crippen molar-refractivity contribution in [1.29, 1.82) is 0 Å². The van der Waals surface area contributed by atoms with Gasteiger partial charge in [-0.2, -0.15) is 0 Å². The van der Waals surface area contributed by atoms with Gasteiger partial charge >= 0.3 is 0 Å². The van der Waals surface area contributed by atoms with Crippen molar-refractivity contribution >= 4 is 0 Å². The lowest BCUT2D eigenvalue weighted by atomic mass is 10.0. The molecule has 0 heterocycles. The molecule has 44 heavy (non-hydrogen) atoms. The van der Waals surface area contributed by atoms with E-state index in [-0.39, 0.29) is 0 Å². The highest BCUT2D eigenvalue weighted by Crippen LogP contribution is 2.17. The van der Waals surface area contributed by atoms with E-state index in [1.165, 1.54) is 257 Å². The van der Waals surface area contributed by atoms with Crippen LogP contribution in [0.3, 0.4) is 0 Å². The lowest BCUT2D eigenvalue weighted by Gasteiger charge is -2.16. The molecule has 0 N–H and O–H groups in total. The highest BCUT2D eigenvalue weighted by Gasteiger charge is 2.00. The summed E-state index contributed by atoms with van der Waals surface area (Å²) in [6.45, 7) is 7.25. The Hall–Kier alpha value is -0.0400. The maximum atomic E-state index is 2.58. The van der Waals surface area contributed by atoms with Crippen molar-refractivity contribution in [3.05, 3.63) is 0 Å². The monoisotopic (exact) mass is 620 g/mol. The molecule has 0 aliphatic carbocycles. The summed E-state index contributed by atoms with van der Waals surface area (Å²) in [6, 6.07) is 0. The van der Waals surface area contributed by atoms with Gasteiger partial charge in [0.25, 0.3) is 0 Å². The first-order chi connectivity index (χ1) is 21.8. The first-order valence-corrected chi connectivity index (χ1v) is 21.5. The molecule has 0 atom stereocenters. The minimum absolute atomic E-state index is 1.31. The molecular formula is C43H89N. The van der Waals surface area contributed by atoms with Crippen LogP contribution in [0.4, 0.5) is 0 Å². The van der Waals surface area contributed by atoms with E-state index < -0.39 is 0 Å². The van der Waals surface area contributed by atoms with Crippen molar-refractivity contribution in [1.82, 2.24) is 4.90 Å². The van der Waals surface area contributed by atoms with Gasteiger partial charge in [-0.25, -0.2) is 0 Å². The molecule has 0 unspecified atom stereocenters. The Morgan fingerprint density at radius 3 is 0.500 bits per heavy atom. The largest absolute Gasteiger partial charge is 0.306 e. The lowest BCUT2D eigenvalue weighted by Crippen LogP contribution is -2.20. The first-order valence-electron chi connectivity index (χ1n) is 21.5. The van der Waals surface area contributed by atoms with E-state index in [1.807, 2.05) is 0 Å². The van der Waals surface area contributed by atoms with E-state index in [9.17, 15) is 0 Å². The minimum atomic E-state index is 1.31. The van der Waals surface area contributed by atoms with E-state index in [0.29, 0.717) is 0 Å². The van der Waals surface area contributed by atoms with Crippen molar-refractivity contribution in [3.8, 4) is 0 Å². The van der Waals surface area contributed by atoms with E-state index in [0.717, 1.165) is 0 Å². The highest BCUT2D eigenvalue weighted by molar-refractivity contribution is 4.56. The molecule has 0 spiro atoms. The molecule has 0 aromatic rings. The molecule has 0 aromatic heterocycles. The SMILES string of the molecule is CCCCCCCCCCCCCCCCCCCCCCCCCCCCCCCCN(C)CCCCCCCCCC. The third-order valence-corrected chi connectivity index (χ3v) is 10.3. The van der Waals surface area contributed by atoms with Crippen LogP contribution in [-0.2, 0) is 0 Å². The lowest BCUT2D eigenvalue weighted by molar-refractivity contribution is 0.314. The molecule has 1 nitrogen and oxygen atoms in total. The molecule has 0 saturated heterocycles. The van der Waals surface area contributed by atoms with Gasteiger partial charge in [0.15, 0.2) is 0 Å². The summed E-state index contributed by atoms with van der Waals surface area (Å²) in [5, 5.41) is 0. The second-order valence-electron chi connectivity index (χ2n) is 15.0. The molecule has 0 aromatic carbocycles. The average Bonchev–Trinajstić information content (AvgIpc) is 3.03. The molecule has 0 radical (unpaired) electrons. The molecule has 0 bridgehead atoms. The second kappa shape index (κ2) is 41.0. The number of hydrogen-bond acceptors (Lipinski definition) is 1. The molecule has 0 amide bonds. The molecule has 0 saturated carbocycles. The van der Waals surface area contributed by atoms with Crippen molar-refractivity contribution in [2.24, 2.45) is 0 Å². The zero-order valence-corrected chi connectivity index (χ0v) is 31.7. The highest BCUT2D eigenvalue weighted by atomic mass is 15.1. The van der Waals surface area contributed by atoms with Crippen molar-refractivity contribution in [3.63, 3.8) is 0 Å². The maximum absolute atomic E-state index is 2.58. The zero-order chi connectivity index (χ0) is 31.9. The topological polar surface area (TPSA) is 3.24 Å². The molecule has 0 fully saturated rings. The van der Waals surface area contributed by atoms with Gasteiger partial charge in [-0.1, -0.05) is 245 Å². The van der Waals surface area contributed by atoms with Crippen LogP contribution in [0.25, 0.3) is 0 Å². The third kappa shape index (κ3) is 40.0. The normalized spacial score (nSPS) is 11.7. The van der Waals surface area contributed by atoms with Crippen molar-refractivity contribution in [2.45, 2.75) is 258 Å². The van der Waals surface area contributed by atoms with Gasteiger partial charge in [-0.3, -0.25) is 0 Å². The fourth-order valence-corrected chi connectivity index (χ4v) is 7.03. The molecule has 1 heteroatoms. The van der Waals surface area contributed by atoms with Crippen molar-refractivity contribution in [2.75, 3.05) is 20.1 Å². The quantitative estimate of drug-likeness (QED) is 0.0617. The average molecular weight is 620 g/mol. The number of nitrogens with zero attached hydrogens (tertiary/aromatic N) is 1. The standard InChI is InChI=1S/C43H89N/c1-4-6-8-10-12-14-15-16-17-18-19-20-21-22-23-24-25-26-27-28-29-30-31-32-33-34-35-37-39-41-43-44(3)42-40-38-36-13-11-9-7-5-2/h4-43H2,1-3H3. The molecular weight excluding hydrogens is 530 g/mol. The van der Waals surface area contributed by atoms with E-state index >= 15 is 0 Å². The maximum Gasteiger partial charge on any atom is -0.00218 e. The Morgan fingerprint density at radius 2 is 0.341 bits per heavy atom. The van der Waals surface area contributed by atoms with Gasteiger partial charge in [-0.15, -0.1) is 0 Å². The van der Waals surface area contributed by atoms with Gasteiger partial charge in [0, 0.05) is 0 Å². The van der Waals surface area contributed by atoms with E-state index in [1.54, 1.807) is 0 Å². The van der Waals surface area contributed by atoms with Crippen LogP contribution in [0.1, 0.15) is 258 Å². The zero-order valence-electron chi connectivity index (χ0n) is 31.7. The van der Waals surface area contributed by atoms with Gasteiger partial charge in [0.1, 0.15) is 0 Å². The van der Waals surface area contributed by atoms with Gasteiger partial charge in [-0.05, 0) is 33.0 Å². The Morgan fingerprint density at radius 1 is 0.205 bits per heavy atom. The Labute approximate surface area is 282 Å². The predicted octanol–water partition coefficient (Wildman–Crippen LogP) is 15.8. The van der Waals surface area contributed by atoms with Crippen LogP contribution in [-0.4, -0.2) is 25.0 Å². The van der Waals surface area contributed by atoms with E-state index in [4.69, 9.17) is 0 Å². The van der Waals surface area contributed by atoms with Crippen LogP contribution in [0, 0.1) is 0 Å². The third-order valence-electron chi connectivity index (χ3n) is 10.3. The predicted molar refractivity (Wildman–Crippen MR) is 204 cm³/mol.